The normalized spacial score (nSPS) is 15.2. The fraction of sp³-hybridized carbons (Fsp3) is 0.480. The first-order valence-electron chi connectivity index (χ1n) is 11.4. The van der Waals surface area contributed by atoms with Gasteiger partial charge in [0.05, 0.1) is 0 Å². The van der Waals surface area contributed by atoms with Crippen LogP contribution < -0.4 is 16.0 Å². The van der Waals surface area contributed by atoms with Crippen molar-refractivity contribution in [1.29, 1.82) is 0 Å². The SMILES string of the molecule is CNC(=O)[C@@H](NC(=O)c1ccc(-c2cccc(CNC(=O)C(C)C)c2)o1)C1CCCCC1. The number of rotatable bonds is 8. The summed E-state index contributed by atoms with van der Waals surface area (Å²) < 4.78 is 5.82. The van der Waals surface area contributed by atoms with Crippen molar-refractivity contribution in [2.75, 3.05) is 7.05 Å². The van der Waals surface area contributed by atoms with E-state index in [1.165, 1.54) is 6.42 Å². The molecule has 1 heterocycles. The van der Waals surface area contributed by atoms with E-state index in [0.29, 0.717) is 12.3 Å². The van der Waals surface area contributed by atoms with Gasteiger partial charge in [-0.3, -0.25) is 14.4 Å². The molecule has 32 heavy (non-hydrogen) atoms. The molecular weight excluding hydrogens is 406 g/mol. The molecule has 7 nitrogen and oxygen atoms in total. The van der Waals surface area contributed by atoms with E-state index < -0.39 is 11.9 Å². The molecule has 0 unspecified atom stereocenters. The van der Waals surface area contributed by atoms with Crippen LogP contribution in [0.4, 0.5) is 0 Å². The Balaban J connectivity index is 1.69. The van der Waals surface area contributed by atoms with E-state index in [0.717, 1.165) is 36.8 Å². The first-order valence-corrected chi connectivity index (χ1v) is 11.4. The smallest absolute Gasteiger partial charge is 0.287 e. The first-order chi connectivity index (χ1) is 15.4. The Labute approximate surface area is 189 Å². The number of carbonyl (C=O) groups is 3. The Morgan fingerprint density at radius 3 is 2.47 bits per heavy atom. The van der Waals surface area contributed by atoms with Crippen LogP contribution >= 0.6 is 0 Å². The topological polar surface area (TPSA) is 100 Å². The number of amides is 3. The molecule has 0 aliphatic heterocycles. The van der Waals surface area contributed by atoms with E-state index in [-0.39, 0.29) is 29.4 Å². The number of benzene rings is 1. The fourth-order valence-corrected chi connectivity index (χ4v) is 4.08. The summed E-state index contributed by atoms with van der Waals surface area (Å²) in [5, 5.41) is 8.45. The number of hydrogen-bond donors (Lipinski definition) is 3. The summed E-state index contributed by atoms with van der Waals surface area (Å²) >= 11 is 0. The molecule has 7 heteroatoms. The fourth-order valence-electron chi connectivity index (χ4n) is 4.08. The van der Waals surface area contributed by atoms with Crippen molar-refractivity contribution < 1.29 is 18.8 Å². The third-order valence-corrected chi connectivity index (χ3v) is 5.97. The van der Waals surface area contributed by atoms with Gasteiger partial charge in [0.25, 0.3) is 5.91 Å². The maximum absolute atomic E-state index is 12.8. The highest BCUT2D eigenvalue weighted by Crippen LogP contribution is 2.27. The Hall–Kier alpha value is -3.09. The van der Waals surface area contributed by atoms with Crippen LogP contribution in [0.5, 0.6) is 0 Å². The summed E-state index contributed by atoms with van der Waals surface area (Å²) in [5.41, 5.74) is 1.76. The highest BCUT2D eigenvalue weighted by Gasteiger charge is 2.31. The lowest BCUT2D eigenvalue weighted by Gasteiger charge is -2.29. The monoisotopic (exact) mass is 439 g/mol. The molecule has 1 aromatic heterocycles. The van der Waals surface area contributed by atoms with E-state index in [1.807, 2.05) is 38.1 Å². The van der Waals surface area contributed by atoms with Crippen molar-refractivity contribution in [1.82, 2.24) is 16.0 Å². The van der Waals surface area contributed by atoms with Gasteiger partial charge in [-0.2, -0.15) is 0 Å². The minimum Gasteiger partial charge on any atom is -0.451 e. The van der Waals surface area contributed by atoms with E-state index in [2.05, 4.69) is 16.0 Å². The van der Waals surface area contributed by atoms with Crippen LogP contribution in [0.25, 0.3) is 11.3 Å². The van der Waals surface area contributed by atoms with Gasteiger partial charge < -0.3 is 20.4 Å². The number of likely N-dealkylation sites (N-methyl/N-ethyl adjacent to an activating group) is 1. The van der Waals surface area contributed by atoms with Gasteiger partial charge in [-0.1, -0.05) is 51.3 Å². The molecule has 0 spiro atoms. The van der Waals surface area contributed by atoms with Crippen molar-refractivity contribution in [3.8, 4) is 11.3 Å². The van der Waals surface area contributed by atoms with Crippen molar-refractivity contribution >= 4 is 17.7 Å². The van der Waals surface area contributed by atoms with E-state index in [9.17, 15) is 14.4 Å². The molecule has 172 valence electrons. The summed E-state index contributed by atoms with van der Waals surface area (Å²) in [6, 6.07) is 10.4. The third kappa shape index (κ3) is 5.99. The predicted molar refractivity (Wildman–Crippen MR) is 123 cm³/mol. The van der Waals surface area contributed by atoms with Crippen LogP contribution in [-0.4, -0.2) is 30.8 Å². The van der Waals surface area contributed by atoms with Crippen molar-refractivity contribution in [2.24, 2.45) is 11.8 Å². The van der Waals surface area contributed by atoms with Gasteiger partial charge in [0, 0.05) is 25.1 Å². The highest BCUT2D eigenvalue weighted by molar-refractivity contribution is 5.96. The lowest BCUT2D eigenvalue weighted by molar-refractivity contribution is -0.124. The number of nitrogens with one attached hydrogen (secondary N) is 3. The zero-order chi connectivity index (χ0) is 23.1. The zero-order valence-corrected chi connectivity index (χ0v) is 19.1. The Bertz CT molecular complexity index is 944. The highest BCUT2D eigenvalue weighted by atomic mass is 16.4. The summed E-state index contributed by atoms with van der Waals surface area (Å²) in [6.07, 6.45) is 5.19. The average molecular weight is 440 g/mol. The number of hydrogen-bond acceptors (Lipinski definition) is 4. The molecule has 0 bridgehead atoms. The summed E-state index contributed by atoms with van der Waals surface area (Å²) in [7, 11) is 1.59. The van der Waals surface area contributed by atoms with Gasteiger partial charge >= 0.3 is 0 Å². The maximum Gasteiger partial charge on any atom is 0.287 e. The molecular formula is C25H33N3O4. The number of furan rings is 1. The van der Waals surface area contributed by atoms with E-state index in [1.54, 1.807) is 19.2 Å². The molecule has 0 saturated heterocycles. The molecule has 1 aromatic carbocycles. The molecule has 1 saturated carbocycles. The van der Waals surface area contributed by atoms with Crippen LogP contribution in [0.3, 0.4) is 0 Å². The molecule has 3 amide bonds. The molecule has 1 aliphatic rings. The average Bonchev–Trinajstić information content (AvgIpc) is 3.31. The van der Waals surface area contributed by atoms with Gasteiger partial charge in [-0.05, 0) is 42.5 Å². The Morgan fingerprint density at radius 2 is 1.78 bits per heavy atom. The summed E-state index contributed by atoms with van der Waals surface area (Å²) in [6.45, 7) is 4.13. The molecule has 0 radical (unpaired) electrons. The van der Waals surface area contributed by atoms with Crippen LogP contribution in [0, 0.1) is 11.8 Å². The third-order valence-electron chi connectivity index (χ3n) is 5.97. The first kappa shape index (κ1) is 23.6. The van der Waals surface area contributed by atoms with Gasteiger partial charge in [0.1, 0.15) is 11.8 Å². The number of carbonyl (C=O) groups excluding carboxylic acids is 3. The lowest BCUT2D eigenvalue weighted by Crippen LogP contribution is -2.50. The minimum absolute atomic E-state index is 0.00371. The van der Waals surface area contributed by atoms with Crippen LogP contribution in [-0.2, 0) is 16.1 Å². The Morgan fingerprint density at radius 1 is 1.03 bits per heavy atom. The second-order valence-corrected chi connectivity index (χ2v) is 8.70. The van der Waals surface area contributed by atoms with Gasteiger partial charge in [0.15, 0.2) is 5.76 Å². The van der Waals surface area contributed by atoms with Crippen molar-refractivity contribution in [3.05, 3.63) is 47.7 Å². The molecule has 1 aliphatic carbocycles. The largest absolute Gasteiger partial charge is 0.451 e. The molecule has 3 N–H and O–H groups in total. The summed E-state index contributed by atoms with van der Waals surface area (Å²) in [4.78, 5) is 37.1. The van der Waals surface area contributed by atoms with Gasteiger partial charge in [-0.25, -0.2) is 0 Å². The van der Waals surface area contributed by atoms with Crippen LogP contribution in [0.2, 0.25) is 0 Å². The van der Waals surface area contributed by atoms with Crippen LogP contribution in [0.15, 0.2) is 40.8 Å². The molecule has 3 rings (SSSR count). The molecule has 1 atom stereocenters. The Kier molecular flexibility index (Phi) is 8.09. The minimum atomic E-state index is -0.561. The van der Waals surface area contributed by atoms with Crippen molar-refractivity contribution in [3.63, 3.8) is 0 Å². The van der Waals surface area contributed by atoms with Crippen molar-refractivity contribution in [2.45, 2.75) is 58.5 Å². The van der Waals surface area contributed by atoms with Crippen LogP contribution in [0.1, 0.15) is 62.1 Å². The maximum atomic E-state index is 12.8. The zero-order valence-electron chi connectivity index (χ0n) is 19.1. The standard InChI is InChI=1S/C25H33N3O4/c1-16(2)23(29)27-15-17-8-7-11-19(14-17)20-12-13-21(32-20)24(30)28-22(25(31)26-3)18-9-5-4-6-10-18/h7-8,11-14,16,18,22H,4-6,9-10,15H2,1-3H3,(H,26,31)(H,27,29)(H,28,30)/t22-/m0/s1. The summed E-state index contributed by atoms with van der Waals surface area (Å²) in [5.74, 6) is 0.223. The molecule has 2 aromatic rings. The molecule has 1 fully saturated rings. The second-order valence-electron chi connectivity index (χ2n) is 8.70. The quantitative estimate of drug-likeness (QED) is 0.585. The van der Waals surface area contributed by atoms with Gasteiger partial charge in [0.2, 0.25) is 11.8 Å². The van der Waals surface area contributed by atoms with E-state index in [4.69, 9.17) is 4.42 Å². The predicted octanol–water partition coefficient (Wildman–Crippen LogP) is 3.64. The van der Waals surface area contributed by atoms with Gasteiger partial charge in [-0.15, -0.1) is 0 Å². The van der Waals surface area contributed by atoms with E-state index >= 15 is 0 Å². The second kappa shape index (κ2) is 11.0. The lowest BCUT2D eigenvalue weighted by atomic mass is 9.83.